The zero-order chi connectivity index (χ0) is 14.9. The summed E-state index contributed by atoms with van der Waals surface area (Å²) >= 11 is 7.77. The number of fused-ring (bicyclic) bond motifs is 1. The van der Waals surface area contributed by atoms with Crippen LogP contribution in [0.15, 0.2) is 54.0 Å². The molecule has 0 aliphatic rings. The third-order valence-corrected chi connectivity index (χ3v) is 4.44. The van der Waals surface area contributed by atoms with E-state index in [-0.39, 0.29) is 0 Å². The monoisotopic (exact) mass is 326 g/mol. The average Bonchev–Trinajstić information content (AvgIpc) is 3.17. The van der Waals surface area contributed by atoms with Crippen LogP contribution in [-0.4, -0.2) is 15.0 Å². The van der Waals surface area contributed by atoms with Gasteiger partial charge in [0.2, 0.25) is 5.95 Å². The molecule has 2 heterocycles. The molecule has 4 nitrogen and oxygen atoms in total. The van der Waals surface area contributed by atoms with Crippen molar-refractivity contribution in [2.24, 2.45) is 0 Å². The molecule has 0 saturated heterocycles. The third-order valence-electron chi connectivity index (χ3n) is 3.29. The van der Waals surface area contributed by atoms with Crippen LogP contribution >= 0.6 is 22.9 Å². The largest absolute Gasteiger partial charge is 0.324 e. The van der Waals surface area contributed by atoms with Gasteiger partial charge in [0.15, 0.2) is 0 Å². The van der Waals surface area contributed by atoms with E-state index in [1.165, 1.54) is 0 Å². The molecule has 2 aromatic carbocycles. The summed E-state index contributed by atoms with van der Waals surface area (Å²) in [6.07, 6.45) is 1.81. The number of imidazole rings is 1. The van der Waals surface area contributed by atoms with Gasteiger partial charge in [0.05, 0.1) is 21.7 Å². The average molecular weight is 327 g/mol. The Labute approximate surface area is 135 Å². The lowest BCUT2D eigenvalue weighted by molar-refractivity contribution is 1.31. The van der Waals surface area contributed by atoms with Crippen LogP contribution in [0, 0.1) is 0 Å². The molecular weight excluding hydrogens is 316 g/mol. The number of hydrogen-bond acceptors (Lipinski definition) is 4. The van der Waals surface area contributed by atoms with E-state index in [0.29, 0.717) is 11.0 Å². The van der Waals surface area contributed by atoms with Crippen molar-refractivity contribution < 1.29 is 0 Å². The van der Waals surface area contributed by atoms with E-state index in [4.69, 9.17) is 11.6 Å². The number of para-hydroxylation sites is 1. The molecule has 22 heavy (non-hydrogen) atoms. The van der Waals surface area contributed by atoms with Crippen molar-refractivity contribution in [2.75, 3.05) is 5.32 Å². The third kappa shape index (κ3) is 2.45. The molecular formula is C16H11ClN4S. The van der Waals surface area contributed by atoms with Crippen molar-refractivity contribution in [1.82, 2.24) is 15.0 Å². The van der Waals surface area contributed by atoms with Crippen LogP contribution in [0.2, 0.25) is 5.02 Å². The molecule has 0 fully saturated rings. The van der Waals surface area contributed by atoms with Gasteiger partial charge in [-0.2, -0.15) is 0 Å². The lowest BCUT2D eigenvalue weighted by atomic mass is 10.2. The zero-order valence-corrected chi connectivity index (χ0v) is 12.9. The fraction of sp³-hybridized carbons (Fsp3) is 0. The van der Waals surface area contributed by atoms with Crippen molar-refractivity contribution in [2.45, 2.75) is 0 Å². The number of H-pyrrole nitrogens is 1. The van der Waals surface area contributed by atoms with E-state index < -0.39 is 0 Å². The second-order valence-electron chi connectivity index (χ2n) is 4.76. The van der Waals surface area contributed by atoms with Gasteiger partial charge in [-0.05, 0) is 30.3 Å². The lowest BCUT2D eigenvalue weighted by Crippen LogP contribution is -1.92. The molecule has 6 heteroatoms. The van der Waals surface area contributed by atoms with Gasteiger partial charge in [-0.1, -0.05) is 23.7 Å². The second-order valence-corrected chi connectivity index (χ2v) is 6.06. The Bertz CT molecular complexity index is 930. The summed E-state index contributed by atoms with van der Waals surface area (Å²) in [5.74, 6) is 0.666. The molecule has 0 aliphatic heterocycles. The van der Waals surface area contributed by atoms with Gasteiger partial charge in [0.1, 0.15) is 5.01 Å². The minimum atomic E-state index is 0.659. The highest BCUT2D eigenvalue weighted by Crippen LogP contribution is 2.28. The lowest BCUT2D eigenvalue weighted by Gasteiger charge is -2.03. The standard InChI is InChI=1S/C16H11ClN4S/c17-11-3-1-2-4-12(11)19-16-20-13-6-5-10(9-14(13)21-16)15-18-7-8-22-15/h1-9H,(H2,19,20,21). The molecule has 0 atom stereocenters. The molecule has 0 aliphatic carbocycles. The highest BCUT2D eigenvalue weighted by molar-refractivity contribution is 7.13. The first-order valence-electron chi connectivity index (χ1n) is 6.71. The molecule has 2 aromatic heterocycles. The van der Waals surface area contributed by atoms with Crippen LogP contribution in [0.1, 0.15) is 0 Å². The molecule has 0 bridgehead atoms. The van der Waals surface area contributed by atoms with Gasteiger partial charge in [0.25, 0.3) is 0 Å². The maximum atomic E-state index is 6.15. The molecule has 0 amide bonds. The number of thiazole rings is 1. The van der Waals surface area contributed by atoms with E-state index in [1.54, 1.807) is 11.3 Å². The number of anilines is 2. The molecule has 2 N–H and O–H groups in total. The summed E-state index contributed by atoms with van der Waals surface area (Å²) in [6, 6.07) is 13.6. The van der Waals surface area contributed by atoms with Gasteiger partial charge in [-0.25, -0.2) is 9.97 Å². The zero-order valence-electron chi connectivity index (χ0n) is 11.4. The van der Waals surface area contributed by atoms with Crippen LogP contribution in [0.5, 0.6) is 0 Å². The van der Waals surface area contributed by atoms with Crippen molar-refractivity contribution in [3.63, 3.8) is 0 Å². The summed E-state index contributed by atoms with van der Waals surface area (Å²) in [7, 11) is 0. The van der Waals surface area contributed by atoms with Crippen molar-refractivity contribution >= 4 is 45.6 Å². The molecule has 4 aromatic rings. The first-order valence-corrected chi connectivity index (χ1v) is 7.96. The van der Waals surface area contributed by atoms with Crippen LogP contribution in [0.3, 0.4) is 0 Å². The quantitative estimate of drug-likeness (QED) is 0.551. The number of aromatic amines is 1. The Morgan fingerprint density at radius 1 is 1.14 bits per heavy atom. The van der Waals surface area contributed by atoms with Gasteiger partial charge < -0.3 is 10.3 Å². The van der Waals surface area contributed by atoms with E-state index in [9.17, 15) is 0 Å². The second kappa shape index (κ2) is 5.44. The maximum absolute atomic E-state index is 6.15. The van der Waals surface area contributed by atoms with E-state index in [0.717, 1.165) is 27.3 Å². The van der Waals surface area contributed by atoms with E-state index in [1.807, 2.05) is 48.0 Å². The number of hydrogen-bond donors (Lipinski definition) is 2. The molecule has 108 valence electrons. The number of benzene rings is 2. The minimum Gasteiger partial charge on any atom is -0.324 e. The summed E-state index contributed by atoms with van der Waals surface area (Å²) in [4.78, 5) is 12.1. The fourth-order valence-electron chi connectivity index (χ4n) is 2.26. The number of aromatic nitrogens is 3. The van der Waals surface area contributed by atoms with Crippen LogP contribution in [0.25, 0.3) is 21.6 Å². The Balaban J connectivity index is 1.70. The number of rotatable bonds is 3. The predicted octanol–water partition coefficient (Wildman–Crippen LogP) is 5.08. The van der Waals surface area contributed by atoms with Crippen LogP contribution in [-0.2, 0) is 0 Å². The minimum absolute atomic E-state index is 0.659. The summed E-state index contributed by atoms with van der Waals surface area (Å²) in [5, 5.41) is 6.83. The Morgan fingerprint density at radius 3 is 2.86 bits per heavy atom. The highest BCUT2D eigenvalue weighted by atomic mass is 35.5. The maximum Gasteiger partial charge on any atom is 0.205 e. The molecule has 4 rings (SSSR count). The van der Waals surface area contributed by atoms with E-state index in [2.05, 4.69) is 26.3 Å². The fourth-order valence-corrected chi connectivity index (χ4v) is 3.08. The summed E-state index contributed by atoms with van der Waals surface area (Å²) < 4.78 is 0. The Kier molecular flexibility index (Phi) is 3.29. The summed E-state index contributed by atoms with van der Waals surface area (Å²) in [5.41, 5.74) is 3.76. The van der Waals surface area contributed by atoms with Gasteiger partial charge >= 0.3 is 0 Å². The smallest absolute Gasteiger partial charge is 0.205 e. The van der Waals surface area contributed by atoms with Crippen LogP contribution < -0.4 is 5.32 Å². The molecule has 0 unspecified atom stereocenters. The number of nitrogens with one attached hydrogen (secondary N) is 2. The SMILES string of the molecule is Clc1ccccc1Nc1nc2ccc(-c3nccs3)cc2[nH]1. The van der Waals surface area contributed by atoms with Gasteiger partial charge in [-0.15, -0.1) is 11.3 Å². The van der Waals surface area contributed by atoms with Crippen LogP contribution in [0.4, 0.5) is 11.6 Å². The van der Waals surface area contributed by atoms with Gasteiger partial charge in [-0.3, -0.25) is 0 Å². The summed E-state index contributed by atoms with van der Waals surface area (Å²) in [6.45, 7) is 0. The molecule has 0 spiro atoms. The van der Waals surface area contributed by atoms with Crippen molar-refractivity contribution in [3.8, 4) is 10.6 Å². The van der Waals surface area contributed by atoms with Crippen molar-refractivity contribution in [3.05, 3.63) is 59.1 Å². The first-order chi connectivity index (χ1) is 10.8. The normalized spacial score (nSPS) is 11.0. The number of nitrogens with zero attached hydrogens (tertiary/aromatic N) is 2. The molecule has 0 saturated carbocycles. The van der Waals surface area contributed by atoms with Gasteiger partial charge in [0, 0.05) is 17.1 Å². The highest BCUT2D eigenvalue weighted by Gasteiger charge is 2.07. The van der Waals surface area contributed by atoms with E-state index >= 15 is 0 Å². The topological polar surface area (TPSA) is 53.6 Å². The molecule has 0 radical (unpaired) electrons. The number of halogens is 1. The Morgan fingerprint density at radius 2 is 2.05 bits per heavy atom. The first kappa shape index (κ1) is 13.3. The van der Waals surface area contributed by atoms with Crippen molar-refractivity contribution in [1.29, 1.82) is 0 Å². The predicted molar refractivity (Wildman–Crippen MR) is 91.9 cm³/mol. The Hall–Kier alpha value is -2.37.